The van der Waals surface area contributed by atoms with Crippen molar-refractivity contribution in [2.75, 3.05) is 6.54 Å². The van der Waals surface area contributed by atoms with Crippen molar-refractivity contribution in [2.24, 2.45) is 0 Å². The highest BCUT2D eigenvalue weighted by Gasteiger charge is 2.30. The van der Waals surface area contributed by atoms with Gasteiger partial charge in [-0.15, -0.1) is 11.8 Å². The quantitative estimate of drug-likeness (QED) is 0.601. The first-order valence-corrected chi connectivity index (χ1v) is 8.85. The molecule has 0 heterocycles. The lowest BCUT2D eigenvalue weighted by Gasteiger charge is -2.06. The summed E-state index contributed by atoms with van der Waals surface area (Å²) in [4.78, 5) is 13.1. The lowest BCUT2D eigenvalue weighted by molar-refractivity contribution is -0.137. The number of carbonyl (C=O) groups excluding carboxylic acids is 1. The Morgan fingerprint density at radius 1 is 1.15 bits per heavy atom. The number of alkyl halides is 3. The Hall–Kier alpha value is -2.39. The lowest BCUT2D eigenvalue weighted by atomic mass is 10.1. The van der Waals surface area contributed by atoms with Gasteiger partial charge in [0, 0.05) is 21.3 Å². The molecule has 0 radical (unpaired) electrons. The Kier molecular flexibility index (Phi) is 6.76. The number of carbonyl (C=O) groups is 1. The second kappa shape index (κ2) is 8.81. The van der Waals surface area contributed by atoms with Crippen LogP contribution in [0.2, 0.25) is 0 Å². The van der Waals surface area contributed by atoms with Gasteiger partial charge < -0.3 is 5.32 Å². The molecule has 0 atom stereocenters. The maximum absolute atomic E-state index is 12.6. The molecule has 6 heteroatoms. The molecule has 2 aromatic rings. The van der Waals surface area contributed by atoms with Crippen molar-refractivity contribution in [2.45, 2.75) is 30.2 Å². The van der Waals surface area contributed by atoms with Gasteiger partial charge in [-0.05, 0) is 42.5 Å². The molecule has 0 aliphatic heterocycles. The molecule has 0 aliphatic rings. The molecule has 0 saturated carbocycles. The zero-order valence-corrected chi connectivity index (χ0v) is 15.2. The molecule has 136 valence electrons. The fourth-order valence-electron chi connectivity index (χ4n) is 2.10. The van der Waals surface area contributed by atoms with E-state index >= 15 is 0 Å². The maximum atomic E-state index is 12.6. The minimum absolute atomic E-state index is 0.0531. The van der Waals surface area contributed by atoms with Crippen LogP contribution in [-0.4, -0.2) is 17.7 Å². The summed E-state index contributed by atoms with van der Waals surface area (Å²) in [5.74, 6) is 5.02. The monoisotopic (exact) mass is 377 g/mol. The summed E-state index contributed by atoms with van der Waals surface area (Å²) >= 11 is 1.71. The van der Waals surface area contributed by atoms with Crippen molar-refractivity contribution in [3.05, 3.63) is 65.2 Å². The summed E-state index contributed by atoms with van der Waals surface area (Å²) in [6.45, 7) is 4.24. The number of nitrogens with one attached hydrogen (secondary N) is 1. The van der Waals surface area contributed by atoms with Gasteiger partial charge in [-0.2, -0.15) is 13.2 Å². The van der Waals surface area contributed by atoms with Crippen molar-refractivity contribution in [1.29, 1.82) is 0 Å². The summed E-state index contributed by atoms with van der Waals surface area (Å²) in [6.07, 6.45) is -4.40. The van der Waals surface area contributed by atoms with Crippen LogP contribution in [-0.2, 0) is 6.18 Å². The van der Waals surface area contributed by atoms with Gasteiger partial charge in [0.1, 0.15) is 0 Å². The maximum Gasteiger partial charge on any atom is 0.416 e. The number of rotatable bonds is 4. The van der Waals surface area contributed by atoms with E-state index in [1.54, 1.807) is 23.9 Å². The molecule has 2 rings (SSSR count). The van der Waals surface area contributed by atoms with Crippen molar-refractivity contribution >= 4 is 17.7 Å². The number of benzene rings is 2. The van der Waals surface area contributed by atoms with Crippen LogP contribution >= 0.6 is 11.8 Å². The summed E-state index contributed by atoms with van der Waals surface area (Å²) in [5, 5.41) is 3.09. The summed E-state index contributed by atoms with van der Waals surface area (Å²) in [7, 11) is 0. The smallest absolute Gasteiger partial charge is 0.341 e. The third kappa shape index (κ3) is 6.16. The fraction of sp³-hybridized carbons (Fsp3) is 0.250. The Balaban J connectivity index is 1.92. The van der Waals surface area contributed by atoms with E-state index < -0.39 is 11.7 Å². The molecule has 0 spiro atoms. The number of amides is 1. The molecular formula is C20H18F3NOS. The Bertz CT molecular complexity index is 817. The van der Waals surface area contributed by atoms with Crippen molar-refractivity contribution in [1.82, 2.24) is 5.32 Å². The average molecular weight is 377 g/mol. The van der Waals surface area contributed by atoms with Gasteiger partial charge in [-0.25, -0.2) is 0 Å². The minimum Gasteiger partial charge on any atom is -0.341 e. The Labute approximate surface area is 155 Å². The van der Waals surface area contributed by atoms with E-state index in [1.807, 2.05) is 12.1 Å². The van der Waals surface area contributed by atoms with Crippen molar-refractivity contribution in [3.63, 3.8) is 0 Å². The highest BCUT2D eigenvalue weighted by atomic mass is 32.2. The molecule has 26 heavy (non-hydrogen) atoms. The minimum atomic E-state index is -4.40. The zero-order chi connectivity index (χ0) is 19.2. The molecule has 2 nitrogen and oxygen atoms in total. The molecule has 0 unspecified atom stereocenters. The topological polar surface area (TPSA) is 29.1 Å². The fourth-order valence-corrected chi connectivity index (χ4v) is 2.94. The lowest BCUT2D eigenvalue weighted by Crippen LogP contribution is -2.23. The van der Waals surface area contributed by atoms with E-state index in [4.69, 9.17) is 0 Å². The van der Waals surface area contributed by atoms with Crippen molar-refractivity contribution in [3.8, 4) is 11.8 Å². The average Bonchev–Trinajstić information content (AvgIpc) is 2.58. The van der Waals surface area contributed by atoms with E-state index in [-0.39, 0.29) is 18.0 Å². The normalized spacial score (nSPS) is 11.0. The largest absolute Gasteiger partial charge is 0.416 e. The van der Waals surface area contributed by atoms with Gasteiger partial charge in [0.25, 0.3) is 5.91 Å². The molecule has 1 amide bonds. The molecule has 0 aliphatic carbocycles. The molecular weight excluding hydrogens is 359 g/mol. The van der Waals surface area contributed by atoms with Crippen LogP contribution in [0.25, 0.3) is 0 Å². The highest BCUT2D eigenvalue weighted by molar-refractivity contribution is 7.99. The van der Waals surface area contributed by atoms with Gasteiger partial charge in [-0.1, -0.05) is 31.8 Å². The summed E-state index contributed by atoms with van der Waals surface area (Å²) in [6, 6.07) is 12.0. The van der Waals surface area contributed by atoms with Crippen LogP contribution in [0.15, 0.2) is 53.4 Å². The second-order valence-electron chi connectivity index (χ2n) is 5.75. The number of hydrogen-bond donors (Lipinski definition) is 1. The van der Waals surface area contributed by atoms with E-state index in [2.05, 4.69) is 31.0 Å². The van der Waals surface area contributed by atoms with E-state index in [0.29, 0.717) is 10.8 Å². The first kappa shape index (κ1) is 19.9. The van der Waals surface area contributed by atoms with Crippen LogP contribution in [0, 0.1) is 11.8 Å². The first-order valence-electron chi connectivity index (χ1n) is 7.97. The number of thioether (sulfide) groups is 1. The molecule has 2 aromatic carbocycles. The van der Waals surface area contributed by atoms with Crippen LogP contribution in [0.3, 0.4) is 0 Å². The van der Waals surface area contributed by atoms with Gasteiger partial charge in [0.05, 0.1) is 12.1 Å². The Morgan fingerprint density at radius 3 is 2.46 bits per heavy atom. The summed E-state index contributed by atoms with van der Waals surface area (Å²) in [5.41, 5.74) is 0.0239. The number of halogens is 3. The van der Waals surface area contributed by atoms with E-state index in [0.717, 1.165) is 17.0 Å². The van der Waals surface area contributed by atoms with Crippen LogP contribution in [0.1, 0.15) is 35.3 Å². The van der Waals surface area contributed by atoms with Crippen LogP contribution in [0.5, 0.6) is 0 Å². The van der Waals surface area contributed by atoms with Gasteiger partial charge in [-0.3, -0.25) is 4.79 Å². The van der Waals surface area contributed by atoms with E-state index in [1.165, 1.54) is 12.1 Å². The molecule has 0 bridgehead atoms. The highest BCUT2D eigenvalue weighted by Crippen LogP contribution is 2.29. The van der Waals surface area contributed by atoms with Crippen LogP contribution < -0.4 is 5.32 Å². The summed E-state index contributed by atoms with van der Waals surface area (Å²) < 4.78 is 37.9. The van der Waals surface area contributed by atoms with Gasteiger partial charge in [0.2, 0.25) is 0 Å². The predicted octanol–water partition coefficient (Wildman–Crippen LogP) is 4.99. The van der Waals surface area contributed by atoms with Gasteiger partial charge in [0.15, 0.2) is 0 Å². The standard InChI is InChI=1S/C20H18F3NOS/c1-14(2)26-18-10-8-16(9-11-18)19(25)24-12-4-6-15-5-3-7-17(13-15)20(21,22)23/h3,5,7-11,13-14H,12H2,1-2H3,(H,24,25). The molecule has 0 aromatic heterocycles. The molecule has 0 saturated heterocycles. The zero-order valence-electron chi connectivity index (χ0n) is 14.4. The number of hydrogen-bond acceptors (Lipinski definition) is 2. The first-order chi connectivity index (χ1) is 12.3. The third-order valence-corrected chi connectivity index (χ3v) is 4.26. The van der Waals surface area contributed by atoms with Gasteiger partial charge >= 0.3 is 6.18 Å². The van der Waals surface area contributed by atoms with Crippen LogP contribution in [0.4, 0.5) is 13.2 Å². The van der Waals surface area contributed by atoms with E-state index in [9.17, 15) is 18.0 Å². The molecule has 1 N–H and O–H groups in total. The third-order valence-electron chi connectivity index (χ3n) is 3.25. The second-order valence-corrected chi connectivity index (χ2v) is 7.40. The predicted molar refractivity (Wildman–Crippen MR) is 98.1 cm³/mol. The van der Waals surface area contributed by atoms with Crippen molar-refractivity contribution < 1.29 is 18.0 Å². The SMILES string of the molecule is CC(C)Sc1ccc(C(=O)NCC#Cc2cccc(C(F)(F)F)c2)cc1. The Morgan fingerprint density at radius 2 is 1.85 bits per heavy atom. The molecule has 0 fully saturated rings.